The summed E-state index contributed by atoms with van der Waals surface area (Å²) in [6.07, 6.45) is 6.16. The first-order chi connectivity index (χ1) is 20.2. The zero-order valence-corrected chi connectivity index (χ0v) is 22.3. The summed E-state index contributed by atoms with van der Waals surface area (Å²) in [5.74, 6) is 0.931. The molecule has 0 radical (unpaired) electrons. The monoisotopic (exact) mass is 530 g/mol. The van der Waals surface area contributed by atoms with Gasteiger partial charge in [0.15, 0.2) is 0 Å². The predicted molar refractivity (Wildman–Crippen MR) is 169 cm³/mol. The van der Waals surface area contributed by atoms with Crippen LogP contribution in [0.5, 0.6) is 5.75 Å². The summed E-state index contributed by atoms with van der Waals surface area (Å²) in [5.41, 5.74) is 8.78. The molecule has 1 aromatic heterocycles. The minimum atomic E-state index is -0.323. The molecule has 196 valence electrons. The summed E-state index contributed by atoms with van der Waals surface area (Å²) in [6.45, 7) is 4.88. The smallest absolute Gasteiger partial charge is 0.344 e. The van der Waals surface area contributed by atoms with Crippen molar-refractivity contribution in [3.05, 3.63) is 162 Å². The fourth-order valence-corrected chi connectivity index (χ4v) is 5.58. The Kier molecular flexibility index (Phi) is 6.18. The standard InChI is InChI=1S/C38H26O3/c1-25(10-9-13-29-24-40-34-17-8-7-14-30(29)34)26-18-20-27(21-19-26)31-22-23-35-37(36(31)28-11-3-2-4-12-28)32-15-5-6-16-33(32)38(39)41-35/h2-23H,1,24H2/b10-9-,29-13+. The van der Waals surface area contributed by atoms with Gasteiger partial charge < -0.3 is 9.15 Å². The molecule has 2 heterocycles. The zero-order chi connectivity index (χ0) is 27.8. The molecule has 0 atom stereocenters. The van der Waals surface area contributed by atoms with Gasteiger partial charge in [0.2, 0.25) is 0 Å². The minimum absolute atomic E-state index is 0.323. The third-order valence-corrected chi connectivity index (χ3v) is 7.63. The van der Waals surface area contributed by atoms with Crippen LogP contribution < -0.4 is 10.4 Å². The van der Waals surface area contributed by atoms with Crippen molar-refractivity contribution in [3.63, 3.8) is 0 Å². The van der Waals surface area contributed by atoms with E-state index in [1.165, 1.54) is 0 Å². The molecule has 0 bridgehead atoms. The van der Waals surface area contributed by atoms with Crippen molar-refractivity contribution in [2.24, 2.45) is 0 Å². The van der Waals surface area contributed by atoms with Crippen LogP contribution in [-0.4, -0.2) is 6.61 Å². The van der Waals surface area contributed by atoms with Crippen LogP contribution in [0.25, 0.3) is 55.1 Å². The van der Waals surface area contributed by atoms with Crippen molar-refractivity contribution in [2.45, 2.75) is 0 Å². The lowest BCUT2D eigenvalue weighted by Gasteiger charge is -2.15. The van der Waals surface area contributed by atoms with Crippen molar-refractivity contribution >= 4 is 32.9 Å². The van der Waals surface area contributed by atoms with Gasteiger partial charge in [0, 0.05) is 27.5 Å². The highest BCUT2D eigenvalue weighted by atomic mass is 16.5. The molecule has 6 aromatic rings. The summed E-state index contributed by atoms with van der Waals surface area (Å²) in [6, 6.07) is 38.4. The summed E-state index contributed by atoms with van der Waals surface area (Å²) >= 11 is 0. The maximum atomic E-state index is 12.7. The number of allylic oxidation sites excluding steroid dienone is 4. The Morgan fingerprint density at radius 3 is 2.27 bits per heavy atom. The minimum Gasteiger partial charge on any atom is -0.488 e. The summed E-state index contributed by atoms with van der Waals surface area (Å²) in [4.78, 5) is 12.7. The molecule has 0 N–H and O–H groups in total. The predicted octanol–water partition coefficient (Wildman–Crippen LogP) is 9.33. The second-order valence-corrected chi connectivity index (χ2v) is 10.1. The van der Waals surface area contributed by atoms with E-state index in [2.05, 4.69) is 55.1 Å². The first-order valence-corrected chi connectivity index (χ1v) is 13.6. The summed E-state index contributed by atoms with van der Waals surface area (Å²) in [7, 11) is 0. The van der Waals surface area contributed by atoms with Gasteiger partial charge in [-0.2, -0.15) is 0 Å². The SMILES string of the molecule is C=C(/C=C\C=C1/COc2ccccc21)c1ccc(-c2ccc3oc(=O)c4ccccc4c3c2-c2ccccc2)cc1. The van der Waals surface area contributed by atoms with Gasteiger partial charge in [-0.15, -0.1) is 0 Å². The molecule has 3 nitrogen and oxygen atoms in total. The van der Waals surface area contributed by atoms with Crippen molar-refractivity contribution in [1.82, 2.24) is 0 Å². The second kappa shape index (κ2) is 10.3. The topological polar surface area (TPSA) is 39.4 Å². The number of fused-ring (bicyclic) bond motifs is 4. The fourth-order valence-electron chi connectivity index (χ4n) is 5.58. The average Bonchev–Trinajstić information content (AvgIpc) is 3.44. The molecule has 0 amide bonds. The molecular weight excluding hydrogens is 504 g/mol. The van der Waals surface area contributed by atoms with E-state index in [0.717, 1.165) is 61.0 Å². The number of benzene rings is 5. The molecule has 1 aliphatic rings. The largest absolute Gasteiger partial charge is 0.488 e. The third-order valence-electron chi connectivity index (χ3n) is 7.63. The number of hydrogen-bond acceptors (Lipinski definition) is 3. The van der Waals surface area contributed by atoms with E-state index in [9.17, 15) is 4.79 Å². The van der Waals surface area contributed by atoms with Gasteiger partial charge >= 0.3 is 5.63 Å². The first-order valence-electron chi connectivity index (χ1n) is 13.6. The van der Waals surface area contributed by atoms with Crippen LogP contribution in [0.2, 0.25) is 0 Å². The van der Waals surface area contributed by atoms with Crippen molar-refractivity contribution in [1.29, 1.82) is 0 Å². The van der Waals surface area contributed by atoms with Crippen molar-refractivity contribution in [3.8, 4) is 28.0 Å². The molecule has 5 aromatic carbocycles. The van der Waals surface area contributed by atoms with Crippen LogP contribution in [0.1, 0.15) is 11.1 Å². The van der Waals surface area contributed by atoms with Crippen LogP contribution in [0.4, 0.5) is 0 Å². The molecule has 7 rings (SSSR count). The zero-order valence-electron chi connectivity index (χ0n) is 22.3. The van der Waals surface area contributed by atoms with Crippen LogP contribution in [0, 0.1) is 0 Å². The van der Waals surface area contributed by atoms with Crippen LogP contribution in [-0.2, 0) is 0 Å². The van der Waals surface area contributed by atoms with E-state index in [0.29, 0.717) is 17.6 Å². The highest BCUT2D eigenvalue weighted by Gasteiger charge is 2.18. The Balaban J connectivity index is 1.27. The lowest BCUT2D eigenvalue weighted by Crippen LogP contribution is -2.01. The lowest BCUT2D eigenvalue weighted by atomic mass is 9.89. The third kappa shape index (κ3) is 4.48. The normalized spacial score (nSPS) is 13.6. The van der Waals surface area contributed by atoms with E-state index in [1.54, 1.807) is 0 Å². The fraction of sp³-hybridized carbons (Fsp3) is 0.0263. The van der Waals surface area contributed by atoms with Crippen molar-refractivity contribution in [2.75, 3.05) is 6.61 Å². The highest BCUT2D eigenvalue weighted by molar-refractivity contribution is 6.15. The average molecular weight is 531 g/mol. The van der Waals surface area contributed by atoms with E-state index < -0.39 is 0 Å². The molecule has 3 heteroatoms. The second-order valence-electron chi connectivity index (χ2n) is 10.1. The molecule has 0 fully saturated rings. The molecule has 0 saturated heterocycles. The number of hydrogen-bond donors (Lipinski definition) is 0. The Bertz CT molecular complexity index is 2060. The summed E-state index contributed by atoms with van der Waals surface area (Å²) in [5, 5.41) is 2.40. The van der Waals surface area contributed by atoms with Gasteiger partial charge in [-0.1, -0.05) is 122 Å². The molecule has 41 heavy (non-hydrogen) atoms. The summed E-state index contributed by atoms with van der Waals surface area (Å²) < 4.78 is 11.5. The molecular formula is C38H26O3. The van der Waals surface area contributed by atoms with E-state index >= 15 is 0 Å². The van der Waals surface area contributed by atoms with Crippen LogP contribution in [0.3, 0.4) is 0 Å². The number of rotatable bonds is 5. The molecule has 0 spiro atoms. The van der Waals surface area contributed by atoms with Gasteiger partial charge in [-0.25, -0.2) is 4.79 Å². The number of ether oxygens (including phenoxy) is 1. The van der Waals surface area contributed by atoms with Gasteiger partial charge in [0.05, 0.1) is 5.39 Å². The van der Waals surface area contributed by atoms with Crippen LogP contribution >= 0.6 is 0 Å². The van der Waals surface area contributed by atoms with Gasteiger partial charge in [-0.05, 0) is 46.0 Å². The van der Waals surface area contributed by atoms with Gasteiger partial charge in [-0.3, -0.25) is 0 Å². The highest BCUT2D eigenvalue weighted by Crippen LogP contribution is 2.41. The Hall–Kier alpha value is -5.41. The van der Waals surface area contributed by atoms with E-state index in [4.69, 9.17) is 9.15 Å². The quantitative estimate of drug-likeness (QED) is 0.127. The maximum absolute atomic E-state index is 12.7. The van der Waals surface area contributed by atoms with E-state index in [1.807, 2.05) is 84.9 Å². The number of para-hydroxylation sites is 1. The Morgan fingerprint density at radius 2 is 1.44 bits per heavy atom. The molecule has 0 unspecified atom stereocenters. The lowest BCUT2D eigenvalue weighted by molar-refractivity contribution is 0.388. The molecule has 1 aliphatic heterocycles. The van der Waals surface area contributed by atoms with Gasteiger partial charge in [0.25, 0.3) is 0 Å². The van der Waals surface area contributed by atoms with Gasteiger partial charge in [0.1, 0.15) is 17.9 Å². The maximum Gasteiger partial charge on any atom is 0.344 e. The van der Waals surface area contributed by atoms with Crippen molar-refractivity contribution < 1.29 is 9.15 Å². The van der Waals surface area contributed by atoms with E-state index in [-0.39, 0.29) is 5.63 Å². The molecule has 0 saturated carbocycles. The van der Waals surface area contributed by atoms with Crippen LogP contribution in [0.15, 0.2) is 149 Å². The first kappa shape index (κ1) is 24.6. The Labute approximate surface area is 238 Å². The Morgan fingerprint density at radius 1 is 0.707 bits per heavy atom. The molecule has 0 aliphatic carbocycles.